The molecule has 1 saturated heterocycles. The monoisotopic (exact) mass is 1120 g/mol. The molecule has 1 rings (SSSR count). The van der Waals surface area contributed by atoms with Crippen LogP contribution in [0.4, 0.5) is 0 Å². The molecule has 11 nitrogen and oxygen atoms in total. The highest BCUT2D eigenvalue weighted by Gasteiger charge is 2.47. The highest BCUT2D eigenvalue weighted by molar-refractivity contribution is 5.80. The molecule has 1 aliphatic heterocycles. The van der Waals surface area contributed by atoms with Gasteiger partial charge in [-0.3, -0.25) is 9.59 Å². The van der Waals surface area contributed by atoms with Crippen molar-refractivity contribution in [3.05, 3.63) is 12.2 Å². The fraction of sp³-hybridized carbons (Fsp3) is 0.941. The van der Waals surface area contributed by atoms with Gasteiger partial charge in [-0.1, -0.05) is 328 Å². The van der Waals surface area contributed by atoms with E-state index in [1.54, 1.807) is 6.08 Å². The van der Waals surface area contributed by atoms with E-state index in [1.807, 2.05) is 6.08 Å². The van der Waals surface area contributed by atoms with Crippen molar-refractivity contribution in [3.8, 4) is 0 Å². The van der Waals surface area contributed by atoms with Crippen molar-refractivity contribution in [2.24, 2.45) is 0 Å². The van der Waals surface area contributed by atoms with Gasteiger partial charge in [-0.25, -0.2) is 0 Å². The number of allylic oxidation sites excluding steroid dienone is 1. The summed E-state index contributed by atoms with van der Waals surface area (Å²) in [4.78, 5) is 26.6. The van der Waals surface area contributed by atoms with Crippen LogP contribution < -0.4 is 5.32 Å². The quantitative estimate of drug-likeness (QED) is 0.0195. The van der Waals surface area contributed by atoms with Crippen LogP contribution in [0.3, 0.4) is 0 Å². The molecule has 0 bridgehead atoms. The van der Waals surface area contributed by atoms with Crippen molar-refractivity contribution in [2.45, 2.75) is 397 Å². The van der Waals surface area contributed by atoms with E-state index in [2.05, 4.69) is 26.1 Å². The number of carbonyl (C=O) groups excluding carboxylic acids is 2. The maximum atomic E-state index is 13.4. The highest BCUT2D eigenvalue weighted by Crippen LogP contribution is 2.26. The van der Waals surface area contributed by atoms with Crippen molar-refractivity contribution in [2.75, 3.05) is 13.2 Å². The molecular formula is C68H131NO10. The summed E-state index contributed by atoms with van der Waals surface area (Å²) in [5, 5.41) is 57.1. The van der Waals surface area contributed by atoms with Crippen LogP contribution in [0.15, 0.2) is 12.2 Å². The number of unbranched alkanes of at least 4 members (excludes halogenated alkanes) is 46. The summed E-state index contributed by atoms with van der Waals surface area (Å²) in [6.45, 7) is 5.85. The SMILES string of the molecule is CCCCCCCCCCCCC/C=C/C(O)C(COC1OC(CO)C(O)C(O)C1OC(=O)CCCCCCCCCCCCCCCCCCCCCCCCC)NC(=O)C(O)CCCCCCCCCCCCCCCC. The molecule has 0 aromatic heterocycles. The minimum absolute atomic E-state index is 0.132. The molecule has 0 aromatic carbocycles. The third-order valence-electron chi connectivity index (χ3n) is 16.7. The predicted octanol–water partition coefficient (Wildman–Crippen LogP) is 17.1. The molecule has 1 aliphatic rings. The Balaban J connectivity index is 2.57. The van der Waals surface area contributed by atoms with Crippen LogP contribution in [-0.4, -0.2) is 99.6 Å². The third-order valence-corrected chi connectivity index (χ3v) is 16.7. The van der Waals surface area contributed by atoms with Crippen LogP contribution >= 0.6 is 0 Å². The highest BCUT2D eigenvalue weighted by atomic mass is 16.7. The van der Waals surface area contributed by atoms with Gasteiger partial charge in [0.05, 0.1) is 25.4 Å². The zero-order chi connectivity index (χ0) is 57.5. The molecule has 8 atom stereocenters. The molecule has 0 aromatic rings. The first-order valence-electron chi connectivity index (χ1n) is 34.5. The molecule has 11 heteroatoms. The number of aliphatic hydroxyl groups is 5. The number of amides is 1. The fourth-order valence-corrected chi connectivity index (χ4v) is 11.2. The number of rotatable bonds is 60. The van der Waals surface area contributed by atoms with Crippen LogP contribution in [0, 0.1) is 0 Å². The smallest absolute Gasteiger partial charge is 0.306 e. The van der Waals surface area contributed by atoms with Crippen molar-refractivity contribution < 1.29 is 49.3 Å². The third kappa shape index (κ3) is 44.6. The molecule has 468 valence electrons. The molecule has 1 heterocycles. The van der Waals surface area contributed by atoms with Gasteiger partial charge in [0.25, 0.3) is 0 Å². The summed E-state index contributed by atoms with van der Waals surface area (Å²) in [5.41, 5.74) is 0. The number of nitrogens with one attached hydrogen (secondary N) is 1. The second-order valence-corrected chi connectivity index (χ2v) is 24.3. The van der Waals surface area contributed by atoms with Gasteiger partial charge in [0.15, 0.2) is 12.4 Å². The molecule has 1 fully saturated rings. The Morgan fingerprint density at radius 3 is 1.19 bits per heavy atom. The first kappa shape index (κ1) is 75.4. The van der Waals surface area contributed by atoms with Crippen molar-refractivity contribution in [1.82, 2.24) is 5.32 Å². The maximum Gasteiger partial charge on any atom is 0.306 e. The van der Waals surface area contributed by atoms with E-state index in [1.165, 1.54) is 244 Å². The van der Waals surface area contributed by atoms with Gasteiger partial charge in [-0.05, 0) is 25.7 Å². The number of hydrogen-bond donors (Lipinski definition) is 6. The number of hydrogen-bond acceptors (Lipinski definition) is 10. The van der Waals surface area contributed by atoms with E-state index in [0.29, 0.717) is 19.3 Å². The summed E-state index contributed by atoms with van der Waals surface area (Å²) >= 11 is 0. The van der Waals surface area contributed by atoms with Gasteiger partial charge in [-0.15, -0.1) is 0 Å². The maximum absolute atomic E-state index is 13.4. The first-order chi connectivity index (χ1) is 38.7. The number of esters is 1. The van der Waals surface area contributed by atoms with Gasteiger partial charge in [0.2, 0.25) is 5.91 Å². The Hall–Kier alpha value is -1.60. The van der Waals surface area contributed by atoms with Gasteiger partial charge in [-0.2, -0.15) is 0 Å². The second-order valence-electron chi connectivity index (χ2n) is 24.3. The molecule has 1 amide bonds. The molecule has 0 spiro atoms. The molecule has 79 heavy (non-hydrogen) atoms. The van der Waals surface area contributed by atoms with Gasteiger partial charge in [0.1, 0.15) is 24.4 Å². The largest absolute Gasteiger partial charge is 0.454 e. The zero-order valence-corrected chi connectivity index (χ0v) is 52.0. The normalized spacial score (nSPS) is 18.8. The molecule has 8 unspecified atom stereocenters. The predicted molar refractivity (Wildman–Crippen MR) is 329 cm³/mol. The van der Waals surface area contributed by atoms with E-state index < -0.39 is 67.4 Å². The first-order valence-corrected chi connectivity index (χ1v) is 34.5. The van der Waals surface area contributed by atoms with Crippen LogP contribution in [0.1, 0.15) is 348 Å². The second kappa shape index (κ2) is 56.9. The lowest BCUT2D eigenvalue weighted by atomic mass is 9.99. The van der Waals surface area contributed by atoms with E-state index >= 15 is 0 Å². The van der Waals surface area contributed by atoms with Crippen LogP contribution in [0.25, 0.3) is 0 Å². The van der Waals surface area contributed by atoms with Crippen LogP contribution in [0.5, 0.6) is 0 Å². The fourth-order valence-electron chi connectivity index (χ4n) is 11.2. The average molecular weight is 1120 g/mol. The van der Waals surface area contributed by atoms with E-state index in [-0.39, 0.29) is 13.0 Å². The Kier molecular flexibility index (Phi) is 54.3. The average Bonchev–Trinajstić information content (AvgIpc) is 3.48. The Morgan fingerprint density at radius 2 is 0.823 bits per heavy atom. The molecule has 0 saturated carbocycles. The lowest BCUT2D eigenvalue weighted by molar-refractivity contribution is -0.305. The van der Waals surface area contributed by atoms with E-state index in [4.69, 9.17) is 14.2 Å². The van der Waals surface area contributed by atoms with E-state index in [9.17, 15) is 35.1 Å². The Bertz CT molecular complexity index is 1340. The van der Waals surface area contributed by atoms with Crippen molar-refractivity contribution in [3.63, 3.8) is 0 Å². The number of aliphatic hydroxyl groups excluding tert-OH is 5. The summed E-state index contributed by atoms with van der Waals surface area (Å²) < 4.78 is 17.7. The molecule has 6 N–H and O–H groups in total. The lowest BCUT2D eigenvalue weighted by Crippen LogP contribution is -2.61. The zero-order valence-electron chi connectivity index (χ0n) is 52.0. The van der Waals surface area contributed by atoms with E-state index in [0.717, 1.165) is 57.8 Å². The summed E-state index contributed by atoms with van der Waals surface area (Å²) in [5.74, 6) is -1.17. The van der Waals surface area contributed by atoms with Crippen molar-refractivity contribution >= 4 is 11.9 Å². The summed E-state index contributed by atoms with van der Waals surface area (Å²) in [6.07, 6.45) is 55.4. The van der Waals surface area contributed by atoms with Crippen LogP contribution in [-0.2, 0) is 23.8 Å². The van der Waals surface area contributed by atoms with Gasteiger partial charge >= 0.3 is 5.97 Å². The number of ether oxygens (including phenoxy) is 3. The minimum atomic E-state index is -1.61. The Morgan fingerprint density at radius 1 is 0.481 bits per heavy atom. The lowest BCUT2D eigenvalue weighted by Gasteiger charge is -2.41. The standard InChI is InChI=1S/C68H131NO10/c1-4-7-10-13-16-19-22-25-27-28-29-30-31-32-33-34-35-38-41-44-47-50-53-56-63(73)79-66-65(75)64(74)62(57-70)78-68(66)77-58-59(60(71)54-51-48-45-42-39-36-24-21-18-15-12-9-6-3)69-67(76)61(72)55-52-49-46-43-40-37-26-23-20-17-14-11-8-5-2/h51,54,59-62,64-66,68,70-72,74-75H,4-50,52-53,55-58H2,1-3H3,(H,69,76)/b54-51+. The molecule has 0 aliphatic carbocycles. The van der Waals surface area contributed by atoms with Gasteiger partial charge < -0.3 is 45.1 Å². The minimum Gasteiger partial charge on any atom is -0.454 e. The van der Waals surface area contributed by atoms with Crippen LogP contribution in [0.2, 0.25) is 0 Å². The summed E-state index contributed by atoms with van der Waals surface area (Å²) in [6, 6.07) is -1.02. The molecular weight excluding hydrogens is 991 g/mol. The summed E-state index contributed by atoms with van der Waals surface area (Å²) in [7, 11) is 0. The number of carbonyl (C=O) groups is 2. The van der Waals surface area contributed by atoms with Crippen molar-refractivity contribution in [1.29, 1.82) is 0 Å². The Labute approximate surface area is 487 Å². The molecule has 0 radical (unpaired) electrons. The topological polar surface area (TPSA) is 175 Å². The van der Waals surface area contributed by atoms with Gasteiger partial charge in [0, 0.05) is 6.42 Å².